The highest BCUT2D eigenvalue weighted by Gasteiger charge is 2.54. The molecule has 5 atom stereocenters. The van der Waals surface area contributed by atoms with Crippen LogP contribution in [0.1, 0.15) is 42.3 Å². The monoisotopic (exact) mass is 354 g/mol. The van der Waals surface area contributed by atoms with Gasteiger partial charge >= 0.3 is 0 Å². The lowest BCUT2D eigenvalue weighted by Gasteiger charge is -2.43. The fraction of sp³-hybridized carbons (Fsp3) is 0.400. The van der Waals surface area contributed by atoms with E-state index in [4.69, 9.17) is 11.6 Å². The minimum Gasteiger partial charge on any atom is -0.378 e. The highest BCUT2D eigenvalue weighted by molar-refractivity contribution is 6.30. The van der Waals surface area contributed by atoms with E-state index in [1.54, 1.807) is 12.1 Å². The Morgan fingerprint density at radius 3 is 2.60 bits per heavy atom. The van der Waals surface area contributed by atoms with Crippen molar-refractivity contribution in [1.29, 1.82) is 0 Å². The van der Waals surface area contributed by atoms with E-state index in [1.165, 1.54) is 24.8 Å². The number of nitrogens with one attached hydrogen (secondary N) is 1. The molecule has 2 fully saturated rings. The maximum atomic E-state index is 11.2. The Bertz CT molecular complexity index is 851. The molecule has 0 radical (unpaired) electrons. The molecule has 0 saturated heterocycles. The maximum absolute atomic E-state index is 11.2. The Morgan fingerprint density at radius 2 is 1.84 bits per heavy atom. The molecule has 4 nitrogen and oxygen atoms in total. The van der Waals surface area contributed by atoms with Gasteiger partial charge in [0.2, 0.25) is 0 Å². The molecule has 0 unspecified atom stereocenters. The van der Waals surface area contributed by atoms with E-state index < -0.39 is 0 Å². The Balaban J connectivity index is 1.62. The molecule has 2 saturated carbocycles. The summed E-state index contributed by atoms with van der Waals surface area (Å²) in [6.45, 7) is 0. The minimum atomic E-state index is -0.284. The van der Waals surface area contributed by atoms with Crippen LogP contribution >= 0.6 is 11.6 Å². The van der Waals surface area contributed by atoms with Crippen molar-refractivity contribution in [3.63, 3.8) is 0 Å². The first kappa shape index (κ1) is 15.2. The van der Waals surface area contributed by atoms with Crippen LogP contribution in [0, 0.1) is 27.9 Å². The van der Waals surface area contributed by atoms with Crippen LogP contribution in [-0.4, -0.2) is 4.92 Å². The molecular weight excluding hydrogens is 336 g/mol. The summed E-state index contributed by atoms with van der Waals surface area (Å²) in [6.07, 6.45) is 3.78. The number of non-ortho nitro benzene ring substituents is 1. The molecule has 3 aliphatic rings. The van der Waals surface area contributed by atoms with Gasteiger partial charge in [-0.3, -0.25) is 10.1 Å². The van der Waals surface area contributed by atoms with Gasteiger partial charge in [-0.1, -0.05) is 23.7 Å². The number of hydrogen-bond acceptors (Lipinski definition) is 3. The first-order valence-corrected chi connectivity index (χ1v) is 9.30. The van der Waals surface area contributed by atoms with Crippen molar-refractivity contribution in [3.05, 3.63) is 68.7 Å². The van der Waals surface area contributed by atoms with E-state index in [1.807, 2.05) is 18.2 Å². The fourth-order valence-corrected chi connectivity index (χ4v) is 5.71. The largest absolute Gasteiger partial charge is 0.378 e. The third-order valence-corrected chi connectivity index (χ3v) is 6.76. The number of anilines is 1. The standard InChI is InChI=1S/C20H19ClN2O2/c21-14-5-3-11(4-6-14)20-19-13-2-1-12(9-13)18(19)16-10-15(23(24)25)7-8-17(16)22-20/h3-8,10,12-13,18-20,22H,1-2,9H2/t12-,13-,18-,19+,20+/m0/s1. The summed E-state index contributed by atoms with van der Waals surface area (Å²) < 4.78 is 0. The molecule has 2 aliphatic carbocycles. The van der Waals surface area contributed by atoms with Crippen molar-refractivity contribution in [2.24, 2.45) is 17.8 Å². The molecule has 0 amide bonds. The lowest BCUT2D eigenvalue weighted by molar-refractivity contribution is -0.384. The molecule has 2 aromatic carbocycles. The molecule has 128 valence electrons. The van der Waals surface area contributed by atoms with E-state index in [-0.39, 0.29) is 16.7 Å². The van der Waals surface area contributed by atoms with Crippen LogP contribution in [0.15, 0.2) is 42.5 Å². The number of fused-ring (bicyclic) bond motifs is 7. The topological polar surface area (TPSA) is 55.2 Å². The van der Waals surface area contributed by atoms with E-state index in [0.717, 1.165) is 16.3 Å². The van der Waals surface area contributed by atoms with Crippen LogP contribution in [0.5, 0.6) is 0 Å². The van der Waals surface area contributed by atoms with Crippen LogP contribution in [-0.2, 0) is 0 Å². The zero-order valence-corrected chi connectivity index (χ0v) is 14.4. The van der Waals surface area contributed by atoms with Crippen molar-refractivity contribution in [2.75, 3.05) is 5.32 Å². The van der Waals surface area contributed by atoms with Crippen LogP contribution < -0.4 is 5.32 Å². The predicted molar refractivity (Wildman–Crippen MR) is 98.0 cm³/mol. The maximum Gasteiger partial charge on any atom is 0.269 e. The van der Waals surface area contributed by atoms with Gasteiger partial charge < -0.3 is 5.32 Å². The normalized spacial score (nSPS) is 32.0. The number of halogens is 1. The average Bonchev–Trinajstić information content (AvgIpc) is 3.23. The molecule has 2 bridgehead atoms. The number of nitrogens with zero attached hydrogens (tertiary/aromatic N) is 1. The summed E-state index contributed by atoms with van der Waals surface area (Å²) in [6, 6.07) is 13.7. The third kappa shape index (κ3) is 2.27. The fourth-order valence-electron chi connectivity index (χ4n) is 5.59. The second-order valence-electron chi connectivity index (χ2n) is 7.64. The van der Waals surface area contributed by atoms with Crippen LogP contribution in [0.25, 0.3) is 0 Å². The van der Waals surface area contributed by atoms with Crippen molar-refractivity contribution in [3.8, 4) is 0 Å². The van der Waals surface area contributed by atoms with E-state index in [2.05, 4.69) is 17.4 Å². The predicted octanol–water partition coefficient (Wildman–Crippen LogP) is 5.54. The molecule has 1 N–H and O–H groups in total. The van der Waals surface area contributed by atoms with Gasteiger partial charge in [-0.25, -0.2) is 0 Å². The first-order valence-electron chi connectivity index (χ1n) is 8.92. The quantitative estimate of drug-likeness (QED) is 0.568. The smallest absolute Gasteiger partial charge is 0.269 e. The molecule has 5 rings (SSSR count). The average molecular weight is 355 g/mol. The lowest BCUT2D eigenvalue weighted by atomic mass is 9.68. The molecule has 0 aromatic heterocycles. The van der Waals surface area contributed by atoms with Gasteiger partial charge in [0.05, 0.1) is 11.0 Å². The zero-order valence-electron chi connectivity index (χ0n) is 13.7. The van der Waals surface area contributed by atoms with Gasteiger partial charge in [0.1, 0.15) is 0 Å². The van der Waals surface area contributed by atoms with Gasteiger partial charge in [0.25, 0.3) is 5.69 Å². The Hall–Kier alpha value is -2.07. The molecule has 1 heterocycles. The summed E-state index contributed by atoms with van der Waals surface area (Å²) >= 11 is 6.07. The number of rotatable bonds is 2. The van der Waals surface area contributed by atoms with Gasteiger partial charge in [0.15, 0.2) is 0 Å². The summed E-state index contributed by atoms with van der Waals surface area (Å²) in [5, 5.41) is 15.7. The number of nitro groups is 1. The second kappa shape index (κ2) is 5.46. The van der Waals surface area contributed by atoms with Crippen LogP contribution in [0.2, 0.25) is 5.02 Å². The van der Waals surface area contributed by atoms with E-state index in [0.29, 0.717) is 23.7 Å². The van der Waals surface area contributed by atoms with Gasteiger partial charge in [-0.15, -0.1) is 0 Å². The summed E-state index contributed by atoms with van der Waals surface area (Å²) in [4.78, 5) is 10.9. The Kier molecular flexibility index (Phi) is 3.32. The van der Waals surface area contributed by atoms with Crippen LogP contribution in [0.4, 0.5) is 11.4 Å². The Morgan fingerprint density at radius 1 is 1.08 bits per heavy atom. The minimum absolute atomic E-state index is 0.201. The van der Waals surface area contributed by atoms with Crippen molar-refractivity contribution in [1.82, 2.24) is 0 Å². The van der Waals surface area contributed by atoms with Crippen LogP contribution in [0.3, 0.4) is 0 Å². The van der Waals surface area contributed by atoms with Crippen molar-refractivity contribution < 1.29 is 4.92 Å². The van der Waals surface area contributed by atoms with Crippen molar-refractivity contribution >= 4 is 23.0 Å². The number of nitro benzene ring substituents is 1. The number of hydrogen-bond donors (Lipinski definition) is 1. The SMILES string of the molecule is O=[N+]([O-])c1ccc2c(c1)[C@@H]1[C@H]3CC[C@@H](C3)[C@H]1[C@@H](c1ccc(Cl)cc1)N2. The molecular formula is C20H19ClN2O2. The van der Waals surface area contributed by atoms with E-state index in [9.17, 15) is 10.1 Å². The molecule has 25 heavy (non-hydrogen) atoms. The summed E-state index contributed by atoms with van der Waals surface area (Å²) in [5.74, 6) is 2.30. The number of benzene rings is 2. The highest BCUT2D eigenvalue weighted by Crippen LogP contribution is 2.63. The van der Waals surface area contributed by atoms with E-state index >= 15 is 0 Å². The third-order valence-electron chi connectivity index (χ3n) is 6.51. The summed E-state index contributed by atoms with van der Waals surface area (Å²) in [5.41, 5.74) is 3.67. The Labute approximate surface area is 151 Å². The highest BCUT2D eigenvalue weighted by atomic mass is 35.5. The van der Waals surface area contributed by atoms with Crippen molar-refractivity contribution in [2.45, 2.75) is 31.2 Å². The second-order valence-corrected chi connectivity index (χ2v) is 8.08. The first-order chi connectivity index (χ1) is 12.1. The van der Waals surface area contributed by atoms with Gasteiger partial charge in [-0.2, -0.15) is 0 Å². The molecule has 5 heteroatoms. The van der Waals surface area contributed by atoms with Gasteiger partial charge in [0, 0.05) is 22.8 Å². The van der Waals surface area contributed by atoms with Gasteiger partial charge in [-0.05, 0) is 72.3 Å². The molecule has 2 aromatic rings. The molecule has 1 aliphatic heterocycles. The zero-order chi connectivity index (χ0) is 17.1. The summed E-state index contributed by atoms with van der Waals surface area (Å²) in [7, 11) is 0. The lowest BCUT2D eigenvalue weighted by Crippen LogP contribution is -2.35. The molecule has 0 spiro atoms.